The van der Waals surface area contributed by atoms with Crippen molar-refractivity contribution in [1.29, 1.82) is 0 Å². The first-order valence-corrected chi connectivity index (χ1v) is 9.97. The average molecular weight is 353 g/mol. The van der Waals surface area contributed by atoms with Gasteiger partial charge in [0.1, 0.15) is 0 Å². The summed E-state index contributed by atoms with van der Waals surface area (Å²) in [6.07, 6.45) is 5.52. The van der Waals surface area contributed by atoms with Crippen molar-refractivity contribution < 1.29 is 9.53 Å². The minimum absolute atomic E-state index is 0.0465. The molecule has 6 nitrogen and oxygen atoms in total. The molecule has 1 unspecified atom stereocenters. The number of esters is 1. The molecule has 0 bridgehead atoms. The van der Waals surface area contributed by atoms with Crippen molar-refractivity contribution in [2.24, 2.45) is 16.8 Å². The number of likely N-dealkylation sites (tertiary alicyclic amines) is 2. The molecule has 2 fully saturated rings. The van der Waals surface area contributed by atoms with E-state index < -0.39 is 0 Å². The van der Waals surface area contributed by atoms with Crippen LogP contribution in [0.4, 0.5) is 0 Å². The number of rotatable bonds is 6. The van der Waals surface area contributed by atoms with Gasteiger partial charge in [0.05, 0.1) is 13.0 Å². The molecule has 0 spiro atoms. The summed E-state index contributed by atoms with van der Waals surface area (Å²) in [5.41, 5.74) is 0. The zero-order chi connectivity index (χ0) is 18.1. The first-order valence-electron chi connectivity index (χ1n) is 9.97. The number of hydrogen-bond acceptors (Lipinski definition) is 4. The van der Waals surface area contributed by atoms with Crippen LogP contribution in [0, 0.1) is 11.8 Å². The molecule has 0 aromatic heterocycles. The summed E-state index contributed by atoms with van der Waals surface area (Å²) in [5, 5.41) is 3.40. The van der Waals surface area contributed by atoms with E-state index in [-0.39, 0.29) is 11.9 Å². The lowest BCUT2D eigenvalue weighted by Gasteiger charge is -2.33. The highest BCUT2D eigenvalue weighted by Gasteiger charge is 2.26. The molecular formula is C19H36N4O2. The van der Waals surface area contributed by atoms with Crippen LogP contribution >= 0.6 is 0 Å². The van der Waals surface area contributed by atoms with Crippen LogP contribution in [0.25, 0.3) is 0 Å². The van der Waals surface area contributed by atoms with Gasteiger partial charge in [-0.15, -0.1) is 0 Å². The maximum atomic E-state index is 11.7. The second-order valence-electron chi connectivity index (χ2n) is 7.42. The number of nitrogens with one attached hydrogen (secondary N) is 1. The molecule has 2 aliphatic heterocycles. The third-order valence-electron chi connectivity index (χ3n) is 5.30. The summed E-state index contributed by atoms with van der Waals surface area (Å²) in [6.45, 7) is 11.6. The number of piperidine rings is 2. The van der Waals surface area contributed by atoms with Gasteiger partial charge in [0.2, 0.25) is 0 Å². The molecule has 1 atom stereocenters. The van der Waals surface area contributed by atoms with E-state index in [0.29, 0.717) is 0 Å². The van der Waals surface area contributed by atoms with E-state index in [2.05, 4.69) is 29.0 Å². The van der Waals surface area contributed by atoms with E-state index in [4.69, 9.17) is 9.73 Å². The molecular weight excluding hydrogens is 316 g/mol. The third-order valence-corrected chi connectivity index (χ3v) is 5.30. The van der Waals surface area contributed by atoms with Gasteiger partial charge in [0, 0.05) is 32.7 Å². The number of nitrogens with zero attached hydrogens (tertiary/aromatic N) is 3. The number of aliphatic imine (C=N–C) groups is 1. The van der Waals surface area contributed by atoms with Crippen LogP contribution in [-0.2, 0) is 9.53 Å². The Labute approximate surface area is 153 Å². The van der Waals surface area contributed by atoms with Crippen molar-refractivity contribution in [3.8, 4) is 0 Å². The minimum Gasteiger partial charge on any atom is -0.469 e. The monoisotopic (exact) mass is 352 g/mol. The maximum Gasteiger partial charge on any atom is 0.308 e. The molecule has 0 saturated carbocycles. The standard InChI is InChI=1S/C19H36N4O2/c1-4-20-19(23-13-8-17(9-14-23)18(24)25-3)21-10-6-12-22-11-5-7-16(2)15-22/h16-17H,4-15H2,1-3H3,(H,20,21). The molecule has 6 heteroatoms. The summed E-state index contributed by atoms with van der Waals surface area (Å²) in [7, 11) is 1.48. The molecule has 2 aliphatic rings. The molecule has 0 aromatic rings. The number of ether oxygens (including phenoxy) is 1. The fourth-order valence-electron chi connectivity index (χ4n) is 3.89. The molecule has 2 saturated heterocycles. The highest BCUT2D eigenvalue weighted by molar-refractivity contribution is 5.80. The first kappa shape index (κ1) is 20.0. The van der Waals surface area contributed by atoms with Gasteiger partial charge in [-0.1, -0.05) is 6.92 Å². The van der Waals surface area contributed by atoms with E-state index in [0.717, 1.165) is 63.9 Å². The van der Waals surface area contributed by atoms with Crippen LogP contribution in [-0.4, -0.2) is 74.7 Å². The van der Waals surface area contributed by atoms with Gasteiger partial charge in [-0.25, -0.2) is 0 Å². The Kier molecular flexibility index (Phi) is 8.52. The number of methoxy groups -OCH3 is 1. The SMILES string of the molecule is CCNC(=NCCCN1CCCC(C)C1)N1CCC(C(=O)OC)CC1. The smallest absolute Gasteiger partial charge is 0.308 e. The van der Waals surface area contributed by atoms with Crippen LogP contribution < -0.4 is 5.32 Å². The van der Waals surface area contributed by atoms with Crippen molar-refractivity contribution in [3.63, 3.8) is 0 Å². The van der Waals surface area contributed by atoms with Gasteiger partial charge < -0.3 is 19.9 Å². The molecule has 0 radical (unpaired) electrons. The summed E-state index contributed by atoms with van der Waals surface area (Å²) in [4.78, 5) is 21.3. The van der Waals surface area contributed by atoms with E-state index in [9.17, 15) is 4.79 Å². The highest BCUT2D eigenvalue weighted by Crippen LogP contribution is 2.18. The quantitative estimate of drug-likeness (QED) is 0.343. The summed E-state index contributed by atoms with van der Waals surface area (Å²) in [5.74, 6) is 1.81. The largest absolute Gasteiger partial charge is 0.469 e. The second kappa shape index (κ2) is 10.6. The molecule has 2 rings (SSSR count). The summed E-state index contributed by atoms with van der Waals surface area (Å²) < 4.78 is 4.87. The number of carbonyl (C=O) groups is 1. The average Bonchev–Trinajstić information content (AvgIpc) is 2.64. The lowest BCUT2D eigenvalue weighted by atomic mass is 9.97. The van der Waals surface area contributed by atoms with Gasteiger partial charge in [-0.05, 0) is 58.0 Å². The lowest BCUT2D eigenvalue weighted by molar-refractivity contribution is -0.146. The van der Waals surface area contributed by atoms with Crippen molar-refractivity contribution in [2.75, 3.05) is 52.9 Å². The number of guanidine groups is 1. The molecule has 25 heavy (non-hydrogen) atoms. The van der Waals surface area contributed by atoms with E-state index in [1.54, 1.807) is 0 Å². The van der Waals surface area contributed by atoms with Crippen LogP contribution in [0.1, 0.15) is 46.0 Å². The van der Waals surface area contributed by atoms with E-state index >= 15 is 0 Å². The fraction of sp³-hybridized carbons (Fsp3) is 0.895. The van der Waals surface area contributed by atoms with Crippen molar-refractivity contribution in [2.45, 2.75) is 46.0 Å². The maximum absolute atomic E-state index is 11.7. The topological polar surface area (TPSA) is 57.2 Å². The highest BCUT2D eigenvalue weighted by atomic mass is 16.5. The van der Waals surface area contributed by atoms with Crippen LogP contribution in [0.3, 0.4) is 0 Å². The molecule has 0 amide bonds. The first-order chi connectivity index (χ1) is 12.1. The Morgan fingerprint density at radius 2 is 2.00 bits per heavy atom. The summed E-state index contributed by atoms with van der Waals surface area (Å²) in [6, 6.07) is 0. The molecule has 2 heterocycles. The predicted molar refractivity (Wildman–Crippen MR) is 102 cm³/mol. The van der Waals surface area contributed by atoms with Crippen LogP contribution in [0.15, 0.2) is 4.99 Å². The Bertz CT molecular complexity index is 433. The van der Waals surface area contributed by atoms with Gasteiger partial charge in [-0.3, -0.25) is 9.79 Å². The number of carbonyl (C=O) groups excluding carboxylic acids is 1. The zero-order valence-electron chi connectivity index (χ0n) is 16.3. The predicted octanol–water partition coefficient (Wildman–Crippen LogP) is 1.96. The van der Waals surface area contributed by atoms with Crippen LogP contribution in [0.5, 0.6) is 0 Å². The second-order valence-corrected chi connectivity index (χ2v) is 7.42. The zero-order valence-corrected chi connectivity index (χ0v) is 16.3. The molecule has 144 valence electrons. The third kappa shape index (κ3) is 6.49. The number of hydrogen-bond donors (Lipinski definition) is 1. The molecule has 1 N–H and O–H groups in total. The Balaban J connectivity index is 1.75. The lowest BCUT2D eigenvalue weighted by Crippen LogP contribution is -2.46. The normalized spacial score (nSPS) is 23.6. The van der Waals surface area contributed by atoms with E-state index in [1.807, 2.05) is 0 Å². The Morgan fingerprint density at radius 1 is 1.24 bits per heavy atom. The minimum atomic E-state index is -0.0719. The fourth-order valence-corrected chi connectivity index (χ4v) is 3.89. The van der Waals surface area contributed by atoms with Gasteiger partial charge in [-0.2, -0.15) is 0 Å². The molecule has 0 aromatic carbocycles. The summed E-state index contributed by atoms with van der Waals surface area (Å²) >= 11 is 0. The van der Waals surface area contributed by atoms with Gasteiger partial charge in [0.25, 0.3) is 0 Å². The van der Waals surface area contributed by atoms with Gasteiger partial charge in [0.15, 0.2) is 5.96 Å². The van der Waals surface area contributed by atoms with E-state index in [1.165, 1.54) is 33.0 Å². The molecule has 0 aliphatic carbocycles. The Morgan fingerprint density at radius 3 is 2.64 bits per heavy atom. The Hall–Kier alpha value is -1.30. The van der Waals surface area contributed by atoms with Crippen LogP contribution in [0.2, 0.25) is 0 Å². The van der Waals surface area contributed by atoms with Gasteiger partial charge >= 0.3 is 5.97 Å². The van der Waals surface area contributed by atoms with Crippen molar-refractivity contribution in [3.05, 3.63) is 0 Å². The van der Waals surface area contributed by atoms with Crippen molar-refractivity contribution >= 4 is 11.9 Å². The van der Waals surface area contributed by atoms with Crippen molar-refractivity contribution in [1.82, 2.24) is 15.1 Å².